The minimum Gasteiger partial charge on any atom is -0.426 e. The second kappa shape index (κ2) is 6.43. The maximum absolute atomic E-state index is 5.89. The molecule has 0 atom stereocenters. The molecule has 0 fully saturated rings. The van der Waals surface area contributed by atoms with Gasteiger partial charge in [-0.05, 0) is 18.3 Å². The van der Waals surface area contributed by atoms with Crippen molar-refractivity contribution in [3.05, 3.63) is 54.0 Å². The Kier molecular flexibility index (Phi) is 4.59. The molecular weight excluding hydrogens is 209 g/mol. The van der Waals surface area contributed by atoms with Crippen molar-refractivity contribution in [3.8, 4) is 0 Å². The molecule has 17 heavy (non-hydrogen) atoms. The SMILES string of the molecule is NCCOB(C1=CC=CCC1)c1ccccc1. The van der Waals surface area contributed by atoms with E-state index in [1.54, 1.807) is 0 Å². The summed E-state index contributed by atoms with van der Waals surface area (Å²) >= 11 is 0. The summed E-state index contributed by atoms with van der Waals surface area (Å²) in [6, 6.07) is 10.3. The maximum Gasteiger partial charge on any atom is 0.357 e. The van der Waals surface area contributed by atoms with Crippen LogP contribution in [0.3, 0.4) is 0 Å². The zero-order valence-electron chi connectivity index (χ0n) is 10.0. The van der Waals surface area contributed by atoms with Crippen molar-refractivity contribution < 1.29 is 4.65 Å². The van der Waals surface area contributed by atoms with Crippen LogP contribution in [0.4, 0.5) is 0 Å². The van der Waals surface area contributed by atoms with E-state index in [2.05, 4.69) is 30.4 Å². The third-order valence-corrected chi connectivity index (χ3v) is 2.89. The Morgan fingerprint density at radius 3 is 2.71 bits per heavy atom. The lowest BCUT2D eigenvalue weighted by molar-refractivity contribution is 0.341. The summed E-state index contributed by atoms with van der Waals surface area (Å²) in [4.78, 5) is 0. The number of nitrogens with two attached hydrogens (primary N) is 1. The summed E-state index contributed by atoms with van der Waals surface area (Å²) in [5.41, 5.74) is 8.08. The fraction of sp³-hybridized carbons (Fsp3) is 0.286. The van der Waals surface area contributed by atoms with Gasteiger partial charge in [-0.15, -0.1) is 0 Å². The van der Waals surface area contributed by atoms with Gasteiger partial charge >= 0.3 is 6.92 Å². The summed E-state index contributed by atoms with van der Waals surface area (Å²) in [5, 5.41) is 0. The third kappa shape index (κ3) is 3.32. The molecule has 0 bridgehead atoms. The van der Waals surface area contributed by atoms with Gasteiger partial charge in [0.15, 0.2) is 0 Å². The quantitative estimate of drug-likeness (QED) is 0.776. The van der Waals surface area contributed by atoms with Gasteiger partial charge in [0.05, 0.1) is 0 Å². The van der Waals surface area contributed by atoms with E-state index in [1.807, 2.05) is 18.2 Å². The summed E-state index contributed by atoms with van der Waals surface area (Å²) in [6.45, 7) is 1.22. The van der Waals surface area contributed by atoms with E-state index in [4.69, 9.17) is 10.4 Å². The molecule has 0 spiro atoms. The van der Waals surface area contributed by atoms with Crippen molar-refractivity contribution in [1.29, 1.82) is 0 Å². The summed E-state index contributed by atoms with van der Waals surface area (Å²) in [7, 11) is 0. The van der Waals surface area contributed by atoms with E-state index in [-0.39, 0.29) is 6.92 Å². The van der Waals surface area contributed by atoms with E-state index in [0.717, 1.165) is 12.8 Å². The Hall–Kier alpha value is -1.32. The van der Waals surface area contributed by atoms with Gasteiger partial charge in [0.25, 0.3) is 0 Å². The Morgan fingerprint density at radius 1 is 1.24 bits per heavy atom. The van der Waals surface area contributed by atoms with Crippen LogP contribution in [0.1, 0.15) is 12.8 Å². The molecule has 2 rings (SSSR count). The molecule has 2 N–H and O–H groups in total. The normalized spacial score (nSPS) is 14.5. The smallest absolute Gasteiger partial charge is 0.357 e. The third-order valence-electron chi connectivity index (χ3n) is 2.89. The van der Waals surface area contributed by atoms with Crippen molar-refractivity contribution in [2.45, 2.75) is 12.8 Å². The lowest BCUT2D eigenvalue weighted by Crippen LogP contribution is -2.37. The largest absolute Gasteiger partial charge is 0.426 e. The average molecular weight is 227 g/mol. The highest BCUT2D eigenvalue weighted by Gasteiger charge is 2.23. The van der Waals surface area contributed by atoms with Crippen LogP contribution in [0, 0.1) is 0 Å². The minimum absolute atomic E-state index is 0.0599. The molecule has 0 heterocycles. The van der Waals surface area contributed by atoms with Crippen LogP contribution in [0.5, 0.6) is 0 Å². The van der Waals surface area contributed by atoms with Crippen LogP contribution < -0.4 is 11.2 Å². The Morgan fingerprint density at radius 2 is 2.06 bits per heavy atom. The molecule has 88 valence electrons. The molecule has 1 aromatic carbocycles. The van der Waals surface area contributed by atoms with E-state index in [0.29, 0.717) is 13.2 Å². The lowest BCUT2D eigenvalue weighted by atomic mass is 9.53. The number of benzene rings is 1. The van der Waals surface area contributed by atoms with E-state index >= 15 is 0 Å². The van der Waals surface area contributed by atoms with Crippen molar-refractivity contribution in [2.75, 3.05) is 13.2 Å². The van der Waals surface area contributed by atoms with Gasteiger partial charge < -0.3 is 10.4 Å². The van der Waals surface area contributed by atoms with Crippen LogP contribution in [-0.4, -0.2) is 20.1 Å². The first-order valence-corrected chi connectivity index (χ1v) is 6.14. The molecule has 0 saturated heterocycles. The highest BCUT2D eigenvalue weighted by Crippen LogP contribution is 2.15. The van der Waals surface area contributed by atoms with E-state index < -0.39 is 0 Å². The molecule has 3 heteroatoms. The molecule has 0 amide bonds. The van der Waals surface area contributed by atoms with Crippen molar-refractivity contribution >= 4 is 12.4 Å². The highest BCUT2D eigenvalue weighted by molar-refractivity contribution is 6.74. The van der Waals surface area contributed by atoms with Crippen molar-refractivity contribution in [3.63, 3.8) is 0 Å². The van der Waals surface area contributed by atoms with Crippen LogP contribution in [0.15, 0.2) is 54.0 Å². The Labute approximate surface area is 103 Å². The van der Waals surface area contributed by atoms with Gasteiger partial charge in [-0.2, -0.15) is 0 Å². The van der Waals surface area contributed by atoms with Crippen molar-refractivity contribution in [1.82, 2.24) is 0 Å². The number of rotatable bonds is 5. The standard InChI is InChI=1S/C14H18BNO/c16-11-12-17-15(13-7-3-1-4-8-13)14-9-5-2-6-10-14/h1-5,7-9H,6,10-12,16H2. The van der Waals surface area contributed by atoms with Crippen LogP contribution >= 0.6 is 0 Å². The van der Waals surface area contributed by atoms with Gasteiger partial charge in [0.2, 0.25) is 0 Å². The molecule has 0 aliphatic heterocycles. The molecule has 1 aliphatic rings. The first kappa shape index (κ1) is 12.2. The molecule has 2 nitrogen and oxygen atoms in total. The average Bonchev–Trinajstić information content (AvgIpc) is 2.42. The Bertz CT molecular complexity index is 400. The van der Waals surface area contributed by atoms with Gasteiger partial charge in [-0.1, -0.05) is 54.0 Å². The van der Waals surface area contributed by atoms with Crippen molar-refractivity contribution in [2.24, 2.45) is 5.73 Å². The fourth-order valence-electron chi connectivity index (χ4n) is 2.07. The maximum atomic E-state index is 5.89. The lowest BCUT2D eigenvalue weighted by Gasteiger charge is -2.18. The summed E-state index contributed by atoms with van der Waals surface area (Å²) in [5.74, 6) is 0. The Balaban J connectivity index is 2.18. The monoisotopic (exact) mass is 227 g/mol. The molecule has 1 aliphatic carbocycles. The number of allylic oxidation sites excluding steroid dienone is 4. The van der Waals surface area contributed by atoms with Crippen LogP contribution in [0.2, 0.25) is 0 Å². The molecule has 0 saturated carbocycles. The number of hydrogen-bond acceptors (Lipinski definition) is 2. The van der Waals surface area contributed by atoms with Gasteiger partial charge in [-0.25, -0.2) is 0 Å². The predicted molar refractivity (Wildman–Crippen MR) is 73.3 cm³/mol. The van der Waals surface area contributed by atoms with Crippen LogP contribution in [0.25, 0.3) is 0 Å². The predicted octanol–water partition coefficient (Wildman–Crippen LogP) is 1.68. The molecule has 0 unspecified atom stereocenters. The number of hydrogen-bond donors (Lipinski definition) is 1. The second-order valence-electron chi connectivity index (χ2n) is 4.16. The summed E-state index contributed by atoms with van der Waals surface area (Å²) < 4.78 is 5.89. The molecule has 1 aromatic rings. The molecule has 0 radical (unpaired) electrons. The second-order valence-corrected chi connectivity index (χ2v) is 4.16. The van der Waals surface area contributed by atoms with Crippen LogP contribution in [-0.2, 0) is 4.65 Å². The van der Waals surface area contributed by atoms with Gasteiger partial charge in [-0.3, -0.25) is 0 Å². The van der Waals surface area contributed by atoms with E-state index in [1.165, 1.54) is 10.9 Å². The topological polar surface area (TPSA) is 35.2 Å². The molecular formula is C14H18BNO. The van der Waals surface area contributed by atoms with Gasteiger partial charge in [0.1, 0.15) is 0 Å². The van der Waals surface area contributed by atoms with E-state index in [9.17, 15) is 0 Å². The summed E-state index contributed by atoms with van der Waals surface area (Å²) in [6.07, 6.45) is 8.63. The minimum atomic E-state index is 0.0599. The zero-order valence-corrected chi connectivity index (χ0v) is 10.0. The van der Waals surface area contributed by atoms with Gasteiger partial charge in [0, 0.05) is 13.2 Å². The fourth-order valence-corrected chi connectivity index (χ4v) is 2.07. The first-order chi connectivity index (χ1) is 8.42. The molecule has 0 aromatic heterocycles. The highest BCUT2D eigenvalue weighted by atomic mass is 16.4. The zero-order chi connectivity index (χ0) is 11.9. The first-order valence-electron chi connectivity index (χ1n) is 6.14.